The minimum Gasteiger partial charge on any atom is -0.309 e. The quantitative estimate of drug-likeness (QED) is 0.199. The summed E-state index contributed by atoms with van der Waals surface area (Å²) in [5, 5.41) is 7.60. The molecular formula is C44H26N4. The molecule has 0 bridgehead atoms. The van der Waals surface area contributed by atoms with Crippen LogP contribution in [0.5, 0.6) is 0 Å². The van der Waals surface area contributed by atoms with Crippen molar-refractivity contribution in [2.45, 2.75) is 0 Å². The Morgan fingerprint density at radius 2 is 0.938 bits per heavy atom. The smallest absolute Gasteiger partial charge is 0.0973 e. The minimum atomic E-state index is 0.866. The van der Waals surface area contributed by atoms with Gasteiger partial charge in [0, 0.05) is 43.7 Å². The molecule has 0 aliphatic carbocycles. The zero-order chi connectivity index (χ0) is 31.3. The molecule has 4 nitrogen and oxygen atoms in total. The van der Waals surface area contributed by atoms with Gasteiger partial charge in [0.25, 0.3) is 0 Å². The normalized spacial score (nSPS) is 12.2. The first-order valence-electron chi connectivity index (χ1n) is 16.4. The predicted molar refractivity (Wildman–Crippen MR) is 199 cm³/mol. The molecule has 48 heavy (non-hydrogen) atoms. The van der Waals surface area contributed by atoms with Crippen LogP contribution >= 0.6 is 0 Å². The average molecular weight is 611 g/mol. The Kier molecular flexibility index (Phi) is 5.08. The Labute approximate surface area is 275 Å². The topological polar surface area (TPSA) is 35.1 Å². The lowest BCUT2D eigenvalue weighted by Crippen LogP contribution is -1.98. The summed E-state index contributed by atoms with van der Waals surface area (Å²) in [4.78, 5) is 10.5. The van der Waals surface area contributed by atoms with Gasteiger partial charge in [-0.05, 0) is 47.9 Å². The van der Waals surface area contributed by atoms with Crippen LogP contribution in [0.4, 0.5) is 0 Å². The van der Waals surface area contributed by atoms with E-state index in [4.69, 9.17) is 9.97 Å². The summed E-state index contributed by atoms with van der Waals surface area (Å²) in [5.41, 5.74) is 12.7. The van der Waals surface area contributed by atoms with Crippen molar-refractivity contribution in [2.75, 3.05) is 0 Å². The van der Waals surface area contributed by atoms with Gasteiger partial charge < -0.3 is 8.97 Å². The van der Waals surface area contributed by atoms with Gasteiger partial charge >= 0.3 is 0 Å². The molecule has 0 spiro atoms. The van der Waals surface area contributed by atoms with E-state index in [1.54, 1.807) is 0 Å². The molecule has 7 aromatic carbocycles. The van der Waals surface area contributed by atoms with Crippen molar-refractivity contribution < 1.29 is 0 Å². The first-order chi connectivity index (χ1) is 23.8. The number of para-hydroxylation sites is 2. The molecule has 4 heterocycles. The third kappa shape index (κ3) is 3.38. The molecule has 0 atom stereocenters. The standard InChI is InChI=1S/C44H26N4/c1-3-12-27(13-4-1)42-43(28-14-5-2-6-15-28)46-35-26-29(22-24-34(35)45-42)47-38-21-11-18-32-30-16-7-9-19-36(30)48-37-20-10-8-17-31(37)33-23-25-39(47)41(40(32)38)44(33)48/h1-26H. The van der Waals surface area contributed by atoms with Crippen LogP contribution in [0.15, 0.2) is 158 Å². The number of aromatic nitrogens is 4. The van der Waals surface area contributed by atoms with Gasteiger partial charge in [-0.25, -0.2) is 9.97 Å². The van der Waals surface area contributed by atoms with E-state index in [2.05, 4.69) is 155 Å². The molecule has 0 radical (unpaired) electrons. The lowest BCUT2D eigenvalue weighted by molar-refractivity contribution is 1.18. The number of nitrogens with zero attached hydrogens (tertiary/aromatic N) is 4. The highest BCUT2D eigenvalue weighted by Gasteiger charge is 2.23. The second kappa shape index (κ2) is 9.50. The fraction of sp³-hybridized carbons (Fsp3) is 0. The molecule has 11 rings (SSSR count). The van der Waals surface area contributed by atoms with Gasteiger partial charge in [-0.1, -0.05) is 115 Å². The van der Waals surface area contributed by atoms with Gasteiger partial charge in [-0.2, -0.15) is 0 Å². The number of hydrogen-bond acceptors (Lipinski definition) is 2. The Morgan fingerprint density at radius 3 is 1.65 bits per heavy atom. The lowest BCUT2D eigenvalue weighted by atomic mass is 10.0. The van der Waals surface area contributed by atoms with Crippen molar-refractivity contribution in [3.63, 3.8) is 0 Å². The Morgan fingerprint density at radius 1 is 0.375 bits per heavy atom. The van der Waals surface area contributed by atoms with Crippen molar-refractivity contribution in [2.24, 2.45) is 0 Å². The van der Waals surface area contributed by atoms with Crippen molar-refractivity contribution in [3.8, 4) is 28.2 Å². The van der Waals surface area contributed by atoms with Crippen LogP contribution in [-0.4, -0.2) is 18.9 Å². The van der Waals surface area contributed by atoms with Gasteiger partial charge in [0.15, 0.2) is 0 Å². The third-order valence-electron chi connectivity index (χ3n) is 10.0. The lowest BCUT2D eigenvalue weighted by Gasteiger charge is -2.13. The molecule has 0 fully saturated rings. The van der Waals surface area contributed by atoms with Crippen molar-refractivity contribution in [1.29, 1.82) is 0 Å². The van der Waals surface area contributed by atoms with E-state index in [9.17, 15) is 0 Å². The molecule has 0 unspecified atom stereocenters. The summed E-state index contributed by atoms with van der Waals surface area (Å²) in [5.74, 6) is 0. The zero-order valence-electron chi connectivity index (χ0n) is 25.8. The highest BCUT2D eigenvalue weighted by Crippen LogP contribution is 2.45. The maximum Gasteiger partial charge on any atom is 0.0973 e. The van der Waals surface area contributed by atoms with Crippen LogP contribution in [-0.2, 0) is 0 Å². The van der Waals surface area contributed by atoms with Gasteiger partial charge in [0.1, 0.15) is 0 Å². The first kappa shape index (κ1) is 25.6. The van der Waals surface area contributed by atoms with Crippen molar-refractivity contribution in [3.05, 3.63) is 158 Å². The predicted octanol–water partition coefficient (Wildman–Crippen LogP) is 11.2. The molecule has 4 aromatic heterocycles. The molecule has 0 saturated carbocycles. The van der Waals surface area contributed by atoms with E-state index in [1.807, 2.05) is 12.1 Å². The van der Waals surface area contributed by atoms with Crippen LogP contribution in [0, 0.1) is 0 Å². The maximum atomic E-state index is 5.32. The Balaban J connectivity index is 1.27. The molecule has 0 amide bonds. The Bertz CT molecular complexity index is 3040. The second-order valence-electron chi connectivity index (χ2n) is 12.6. The SMILES string of the molecule is c1ccc(-c2nc3ccc(-n4c5cccc6c7ccccc7n7c8ccccc8c8ccc4c(c65)c87)cc3nc2-c2ccccc2)cc1. The van der Waals surface area contributed by atoms with Gasteiger partial charge in [-0.15, -0.1) is 0 Å². The van der Waals surface area contributed by atoms with E-state index >= 15 is 0 Å². The number of hydrogen-bond donors (Lipinski definition) is 0. The van der Waals surface area contributed by atoms with E-state index in [1.165, 1.54) is 59.9 Å². The van der Waals surface area contributed by atoms with Crippen LogP contribution in [0.25, 0.3) is 99.1 Å². The van der Waals surface area contributed by atoms with E-state index in [0.29, 0.717) is 0 Å². The monoisotopic (exact) mass is 610 g/mol. The summed E-state index contributed by atoms with van der Waals surface area (Å²) in [6.07, 6.45) is 0. The fourth-order valence-electron chi connectivity index (χ4n) is 8.02. The minimum absolute atomic E-state index is 0.866. The van der Waals surface area contributed by atoms with Crippen LogP contribution in [0.3, 0.4) is 0 Å². The fourth-order valence-corrected chi connectivity index (χ4v) is 8.02. The van der Waals surface area contributed by atoms with Crippen molar-refractivity contribution >= 4 is 70.9 Å². The van der Waals surface area contributed by atoms with Gasteiger partial charge in [-0.3, -0.25) is 0 Å². The molecule has 4 heteroatoms. The summed E-state index contributed by atoms with van der Waals surface area (Å²) in [6.45, 7) is 0. The summed E-state index contributed by atoms with van der Waals surface area (Å²) in [7, 11) is 0. The first-order valence-corrected chi connectivity index (χ1v) is 16.4. The summed E-state index contributed by atoms with van der Waals surface area (Å²) in [6, 6.07) is 56.2. The summed E-state index contributed by atoms with van der Waals surface area (Å²) < 4.78 is 4.90. The third-order valence-corrected chi connectivity index (χ3v) is 10.0. The number of benzene rings is 7. The highest BCUT2D eigenvalue weighted by atomic mass is 15.0. The van der Waals surface area contributed by atoms with Crippen LogP contribution < -0.4 is 0 Å². The molecule has 0 aliphatic rings. The van der Waals surface area contributed by atoms with Gasteiger partial charge in [0.2, 0.25) is 0 Å². The van der Waals surface area contributed by atoms with E-state index in [-0.39, 0.29) is 0 Å². The van der Waals surface area contributed by atoms with Gasteiger partial charge in [0.05, 0.1) is 50.0 Å². The maximum absolute atomic E-state index is 5.32. The summed E-state index contributed by atoms with van der Waals surface area (Å²) >= 11 is 0. The molecule has 0 saturated heterocycles. The largest absolute Gasteiger partial charge is 0.309 e. The molecule has 11 aromatic rings. The zero-order valence-corrected chi connectivity index (χ0v) is 25.8. The number of rotatable bonds is 3. The van der Waals surface area contributed by atoms with Crippen molar-refractivity contribution in [1.82, 2.24) is 18.9 Å². The van der Waals surface area contributed by atoms with Crippen LogP contribution in [0.2, 0.25) is 0 Å². The molecule has 0 N–H and O–H groups in total. The average Bonchev–Trinajstić information content (AvgIpc) is 3.63. The second-order valence-corrected chi connectivity index (χ2v) is 12.6. The molecular weight excluding hydrogens is 585 g/mol. The number of fused-ring (bicyclic) bond motifs is 7. The molecule has 222 valence electrons. The van der Waals surface area contributed by atoms with E-state index < -0.39 is 0 Å². The molecule has 0 aliphatic heterocycles. The Hall–Kier alpha value is -6.52. The van der Waals surface area contributed by atoms with E-state index in [0.717, 1.165) is 39.2 Å². The highest BCUT2D eigenvalue weighted by molar-refractivity contribution is 6.33. The van der Waals surface area contributed by atoms with Crippen LogP contribution in [0.1, 0.15) is 0 Å².